The van der Waals surface area contributed by atoms with Crippen molar-refractivity contribution in [3.8, 4) is 0 Å². The number of halogens is 1. The summed E-state index contributed by atoms with van der Waals surface area (Å²) in [5.74, 6) is -0.972. The molecule has 0 unspecified atom stereocenters. The van der Waals surface area contributed by atoms with E-state index in [0.29, 0.717) is 5.02 Å². The van der Waals surface area contributed by atoms with E-state index in [0.717, 1.165) is 18.4 Å². The van der Waals surface area contributed by atoms with Gasteiger partial charge in [-0.05, 0) is 30.5 Å². The van der Waals surface area contributed by atoms with Crippen LogP contribution < -0.4 is 0 Å². The van der Waals surface area contributed by atoms with E-state index in [2.05, 4.69) is 6.92 Å². The summed E-state index contributed by atoms with van der Waals surface area (Å²) in [7, 11) is 0. The molecule has 0 saturated carbocycles. The monoisotopic (exact) mass is 226 g/mol. The first-order chi connectivity index (χ1) is 7.15. The summed E-state index contributed by atoms with van der Waals surface area (Å²) in [5, 5.41) is 9.12. The summed E-state index contributed by atoms with van der Waals surface area (Å²) in [6.07, 6.45) is 4.46. The van der Waals surface area contributed by atoms with Gasteiger partial charge < -0.3 is 5.11 Å². The number of aromatic carboxylic acids is 1. The largest absolute Gasteiger partial charge is 0.478 e. The first-order valence-corrected chi connectivity index (χ1v) is 5.54. The minimum Gasteiger partial charge on any atom is -0.478 e. The lowest BCUT2D eigenvalue weighted by Crippen LogP contribution is -1.98. The third kappa shape index (κ3) is 3.56. The molecular formula is C12H15ClO2. The maximum absolute atomic E-state index is 10.7. The zero-order valence-electron chi connectivity index (χ0n) is 8.79. The summed E-state index contributed by atoms with van der Waals surface area (Å²) < 4.78 is 0. The Morgan fingerprint density at radius 1 is 1.40 bits per heavy atom. The number of aryl methyl sites for hydroxylation is 1. The number of carboxylic acid groups (broad SMARTS) is 1. The van der Waals surface area contributed by atoms with Crippen LogP contribution in [0.4, 0.5) is 0 Å². The van der Waals surface area contributed by atoms with Gasteiger partial charge >= 0.3 is 5.97 Å². The van der Waals surface area contributed by atoms with Gasteiger partial charge in [-0.2, -0.15) is 0 Å². The fraction of sp³-hybridized carbons (Fsp3) is 0.417. The first-order valence-electron chi connectivity index (χ1n) is 5.17. The number of carboxylic acids is 1. The van der Waals surface area contributed by atoms with Crippen LogP contribution in [0.2, 0.25) is 5.02 Å². The molecule has 0 radical (unpaired) electrons. The highest BCUT2D eigenvalue weighted by molar-refractivity contribution is 6.33. The molecule has 1 rings (SSSR count). The number of benzene rings is 1. The second-order valence-corrected chi connectivity index (χ2v) is 3.98. The maximum atomic E-state index is 10.7. The number of carbonyl (C=O) groups is 1. The molecule has 1 aromatic rings. The molecule has 0 amide bonds. The van der Waals surface area contributed by atoms with E-state index in [1.165, 1.54) is 12.8 Å². The average Bonchev–Trinajstić information content (AvgIpc) is 2.17. The van der Waals surface area contributed by atoms with Crippen molar-refractivity contribution in [3.05, 3.63) is 34.3 Å². The van der Waals surface area contributed by atoms with E-state index < -0.39 is 5.97 Å². The Morgan fingerprint density at radius 3 is 2.67 bits per heavy atom. The quantitative estimate of drug-likeness (QED) is 0.776. The van der Waals surface area contributed by atoms with E-state index in [9.17, 15) is 4.79 Å². The van der Waals surface area contributed by atoms with Crippen LogP contribution in [0.25, 0.3) is 0 Å². The Hall–Kier alpha value is -1.02. The third-order valence-corrected chi connectivity index (χ3v) is 2.65. The Morgan fingerprint density at radius 2 is 2.13 bits per heavy atom. The molecule has 0 fully saturated rings. The molecule has 0 spiro atoms. The van der Waals surface area contributed by atoms with Crippen molar-refractivity contribution in [1.29, 1.82) is 0 Å². The molecular weight excluding hydrogens is 212 g/mol. The van der Waals surface area contributed by atoms with Gasteiger partial charge in [-0.3, -0.25) is 0 Å². The lowest BCUT2D eigenvalue weighted by atomic mass is 10.1. The van der Waals surface area contributed by atoms with Gasteiger partial charge in [0.2, 0.25) is 0 Å². The van der Waals surface area contributed by atoms with E-state index in [4.69, 9.17) is 16.7 Å². The van der Waals surface area contributed by atoms with Crippen molar-refractivity contribution in [3.63, 3.8) is 0 Å². The van der Waals surface area contributed by atoms with Crippen LogP contribution in [0.3, 0.4) is 0 Å². The van der Waals surface area contributed by atoms with Crippen molar-refractivity contribution in [2.45, 2.75) is 32.6 Å². The fourth-order valence-electron chi connectivity index (χ4n) is 1.47. The van der Waals surface area contributed by atoms with Gasteiger partial charge in [-0.1, -0.05) is 37.4 Å². The third-order valence-electron chi connectivity index (χ3n) is 2.33. The molecule has 0 aliphatic heterocycles. The summed E-state index contributed by atoms with van der Waals surface area (Å²) >= 11 is 5.86. The zero-order valence-corrected chi connectivity index (χ0v) is 9.55. The normalized spacial score (nSPS) is 10.3. The van der Waals surface area contributed by atoms with Gasteiger partial charge in [0.15, 0.2) is 0 Å². The van der Waals surface area contributed by atoms with Gasteiger partial charge in [-0.25, -0.2) is 4.79 Å². The molecule has 0 bridgehead atoms. The smallest absolute Gasteiger partial charge is 0.337 e. The molecule has 1 aromatic carbocycles. The van der Waals surface area contributed by atoms with E-state index in [1.54, 1.807) is 12.1 Å². The minimum absolute atomic E-state index is 0.177. The molecule has 0 aliphatic carbocycles. The summed E-state index contributed by atoms with van der Waals surface area (Å²) in [6.45, 7) is 2.15. The maximum Gasteiger partial charge on any atom is 0.337 e. The van der Waals surface area contributed by atoms with E-state index >= 15 is 0 Å². The molecule has 0 heterocycles. The average molecular weight is 227 g/mol. The van der Waals surface area contributed by atoms with Gasteiger partial charge in [0.25, 0.3) is 0 Å². The second kappa shape index (κ2) is 5.76. The topological polar surface area (TPSA) is 37.3 Å². The van der Waals surface area contributed by atoms with Crippen molar-refractivity contribution < 1.29 is 9.90 Å². The van der Waals surface area contributed by atoms with Gasteiger partial charge in [0.1, 0.15) is 0 Å². The Labute approximate surface area is 94.9 Å². The molecule has 3 heteroatoms. The molecule has 0 saturated heterocycles. The van der Waals surface area contributed by atoms with Crippen LogP contribution in [0.1, 0.15) is 42.1 Å². The SMILES string of the molecule is CCCCCc1ccc(C(=O)O)c(Cl)c1. The molecule has 0 atom stereocenters. The van der Waals surface area contributed by atoms with Crippen LogP contribution in [0, 0.1) is 0 Å². The molecule has 1 N–H and O–H groups in total. The van der Waals surface area contributed by atoms with Gasteiger partial charge in [0, 0.05) is 0 Å². The van der Waals surface area contributed by atoms with Gasteiger partial charge in [0.05, 0.1) is 10.6 Å². The summed E-state index contributed by atoms with van der Waals surface area (Å²) in [4.78, 5) is 10.7. The minimum atomic E-state index is -0.972. The van der Waals surface area contributed by atoms with Crippen LogP contribution in [0.15, 0.2) is 18.2 Å². The Balaban J connectivity index is 2.69. The fourth-order valence-corrected chi connectivity index (χ4v) is 1.75. The highest BCUT2D eigenvalue weighted by Gasteiger charge is 2.08. The molecule has 0 aliphatic rings. The number of unbranched alkanes of at least 4 members (excludes halogenated alkanes) is 2. The first kappa shape index (κ1) is 12.1. The highest BCUT2D eigenvalue weighted by atomic mass is 35.5. The lowest BCUT2D eigenvalue weighted by Gasteiger charge is -2.03. The van der Waals surface area contributed by atoms with Crippen LogP contribution in [-0.2, 0) is 6.42 Å². The van der Waals surface area contributed by atoms with Crippen LogP contribution >= 0.6 is 11.6 Å². The van der Waals surface area contributed by atoms with Crippen molar-refractivity contribution in [2.75, 3.05) is 0 Å². The molecule has 82 valence electrons. The Kier molecular flexibility index (Phi) is 4.63. The van der Waals surface area contributed by atoms with Crippen LogP contribution in [0.5, 0.6) is 0 Å². The second-order valence-electron chi connectivity index (χ2n) is 3.58. The Bertz CT molecular complexity index is 347. The molecule has 2 nitrogen and oxygen atoms in total. The lowest BCUT2D eigenvalue weighted by molar-refractivity contribution is 0.0697. The highest BCUT2D eigenvalue weighted by Crippen LogP contribution is 2.19. The van der Waals surface area contributed by atoms with E-state index in [1.807, 2.05) is 6.07 Å². The van der Waals surface area contributed by atoms with Crippen molar-refractivity contribution in [2.24, 2.45) is 0 Å². The molecule has 15 heavy (non-hydrogen) atoms. The zero-order chi connectivity index (χ0) is 11.3. The number of hydrogen-bond donors (Lipinski definition) is 1. The van der Waals surface area contributed by atoms with E-state index in [-0.39, 0.29) is 5.56 Å². The standard InChI is InChI=1S/C12H15ClO2/c1-2-3-4-5-9-6-7-10(12(14)15)11(13)8-9/h6-8H,2-5H2,1H3,(H,14,15). The van der Waals surface area contributed by atoms with Crippen LogP contribution in [-0.4, -0.2) is 11.1 Å². The number of rotatable bonds is 5. The van der Waals surface area contributed by atoms with Gasteiger partial charge in [-0.15, -0.1) is 0 Å². The predicted molar refractivity (Wildman–Crippen MR) is 61.6 cm³/mol. The van der Waals surface area contributed by atoms with Crippen molar-refractivity contribution in [1.82, 2.24) is 0 Å². The number of hydrogen-bond acceptors (Lipinski definition) is 1. The summed E-state index contributed by atoms with van der Waals surface area (Å²) in [6, 6.07) is 5.16. The molecule has 0 aromatic heterocycles. The predicted octanol–water partition coefficient (Wildman–Crippen LogP) is 3.77. The van der Waals surface area contributed by atoms with Crippen molar-refractivity contribution >= 4 is 17.6 Å². The summed E-state index contributed by atoms with van der Waals surface area (Å²) in [5.41, 5.74) is 1.29.